The van der Waals surface area contributed by atoms with Gasteiger partial charge in [0.1, 0.15) is 5.75 Å². The van der Waals surface area contributed by atoms with Gasteiger partial charge in [0.15, 0.2) is 12.7 Å². The molecule has 2 rings (SSSR count). The van der Waals surface area contributed by atoms with Gasteiger partial charge in [0.05, 0.1) is 5.56 Å². The van der Waals surface area contributed by atoms with Crippen LogP contribution in [0.2, 0.25) is 0 Å². The van der Waals surface area contributed by atoms with Crippen LogP contribution in [0.5, 0.6) is 5.75 Å². The summed E-state index contributed by atoms with van der Waals surface area (Å²) in [5, 5.41) is 2.79. The number of hydrogen-bond donors (Lipinski definition) is 2. The Bertz CT molecular complexity index is 826. The number of carbonyl (C=O) groups excluding carboxylic acids is 3. The molecular weight excluding hydrogens is 348 g/mol. The maximum absolute atomic E-state index is 12.3. The molecule has 0 spiro atoms. The second-order valence-corrected chi connectivity index (χ2v) is 6.08. The molecule has 2 aromatic rings. The molecule has 0 aromatic heterocycles. The monoisotopic (exact) mass is 370 g/mol. The highest BCUT2D eigenvalue weighted by atomic mass is 16.5. The third kappa shape index (κ3) is 5.57. The number of nitrogens with one attached hydrogen (secondary N) is 1. The van der Waals surface area contributed by atoms with E-state index in [0.717, 1.165) is 11.1 Å². The van der Waals surface area contributed by atoms with Crippen LogP contribution in [0.4, 0.5) is 5.69 Å². The molecule has 0 fully saturated rings. The van der Waals surface area contributed by atoms with E-state index in [4.69, 9.17) is 15.2 Å². The van der Waals surface area contributed by atoms with Crippen molar-refractivity contribution < 1.29 is 23.9 Å². The van der Waals surface area contributed by atoms with Gasteiger partial charge in [0.25, 0.3) is 11.8 Å². The van der Waals surface area contributed by atoms with Crippen LogP contribution in [0, 0.1) is 13.8 Å². The molecule has 0 saturated heterocycles. The van der Waals surface area contributed by atoms with Gasteiger partial charge >= 0.3 is 5.97 Å². The first-order valence-electron chi connectivity index (χ1n) is 8.37. The number of primary amides is 1. The summed E-state index contributed by atoms with van der Waals surface area (Å²) in [5.41, 5.74) is 7.82. The van der Waals surface area contributed by atoms with E-state index in [2.05, 4.69) is 5.32 Å². The van der Waals surface area contributed by atoms with E-state index in [-0.39, 0.29) is 12.2 Å². The average molecular weight is 370 g/mol. The largest absolute Gasteiger partial charge is 0.484 e. The molecule has 2 amide bonds. The van der Waals surface area contributed by atoms with E-state index in [1.807, 2.05) is 32.0 Å². The van der Waals surface area contributed by atoms with E-state index in [0.29, 0.717) is 11.4 Å². The molecule has 1 atom stereocenters. The second-order valence-electron chi connectivity index (χ2n) is 6.08. The van der Waals surface area contributed by atoms with Crippen molar-refractivity contribution in [1.29, 1.82) is 0 Å². The van der Waals surface area contributed by atoms with Crippen molar-refractivity contribution >= 4 is 23.5 Å². The van der Waals surface area contributed by atoms with Crippen LogP contribution < -0.4 is 15.8 Å². The molecule has 0 saturated carbocycles. The smallest absolute Gasteiger partial charge is 0.338 e. The molecule has 142 valence electrons. The summed E-state index contributed by atoms with van der Waals surface area (Å²) in [5.74, 6) is -1.25. The van der Waals surface area contributed by atoms with E-state index >= 15 is 0 Å². The van der Waals surface area contributed by atoms with Gasteiger partial charge in [-0.15, -0.1) is 0 Å². The third-order valence-electron chi connectivity index (χ3n) is 3.85. The summed E-state index contributed by atoms with van der Waals surface area (Å²) in [4.78, 5) is 35.2. The SMILES string of the molecule is Cc1cccc(C)c1NC(=O)[C@@H](C)OC(=O)c1ccc(OCC(N)=O)cc1. The Morgan fingerprint density at radius 1 is 1.04 bits per heavy atom. The van der Waals surface area contributed by atoms with Gasteiger partial charge in [0, 0.05) is 5.69 Å². The number of aryl methyl sites for hydroxylation is 2. The maximum Gasteiger partial charge on any atom is 0.338 e. The molecular formula is C20H22N2O5. The number of carbonyl (C=O) groups is 3. The Morgan fingerprint density at radius 2 is 1.63 bits per heavy atom. The molecule has 7 nitrogen and oxygen atoms in total. The fraction of sp³-hybridized carbons (Fsp3) is 0.250. The second kappa shape index (κ2) is 8.84. The van der Waals surface area contributed by atoms with Gasteiger partial charge < -0.3 is 20.5 Å². The van der Waals surface area contributed by atoms with Gasteiger partial charge in [0.2, 0.25) is 0 Å². The summed E-state index contributed by atoms with van der Waals surface area (Å²) in [6.07, 6.45) is -0.970. The molecule has 0 unspecified atom stereocenters. The van der Waals surface area contributed by atoms with Crippen LogP contribution in [0.25, 0.3) is 0 Å². The van der Waals surface area contributed by atoms with Crippen molar-refractivity contribution in [1.82, 2.24) is 0 Å². The maximum atomic E-state index is 12.3. The fourth-order valence-electron chi connectivity index (χ4n) is 2.36. The van der Waals surface area contributed by atoms with Gasteiger partial charge in [-0.05, 0) is 56.2 Å². The summed E-state index contributed by atoms with van der Waals surface area (Å²) in [6, 6.07) is 11.7. The van der Waals surface area contributed by atoms with E-state index < -0.39 is 23.9 Å². The van der Waals surface area contributed by atoms with Crippen molar-refractivity contribution in [3.05, 3.63) is 59.2 Å². The van der Waals surface area contributed by atoms with Gasteiger partial charge in [-0.25, -0.2) is 4.79 Å². The highest BCUT2D eigenvalue weighted by molar-refractivity contribution is 5.98. The van der Waals surface area contributed by atoms with Crippen molar-refractivity contribution in [2.75, 3.05) is 11.9 Å². The van der Waals surface area contributed by atoms with Crippen molar-refractivity contribution in [2.24, 2.45) is 5.73 Å². The Labute approximate surface area is 157 Å². The minimum Gasteiger partial charge on any atom is -0.484 e. The molecule has 3 N–H and O–H groups in total. The highest BCUT2D eigenvalue weighted by Gasteiger charge is 2.20. The standard InChI is InChI=1S/C20H22N2O5/c1-12-5-4-6-13(2)18(12)22-19(24)14(3)27-20(25)15-7-9-16(10-8-15)26-11-17(21)23/h4-10,14H,11H2,1-3H3,(H2,21,23)(H,22,24)/t14-/m1/s1. The number of para-hydroxylation sites is 1. The van der Waals surface area contributed by atoms with Crippen LogP contribution in [-0.2, 0) is 14.3 Å². The van der Waals surface area contributed by atoms with Crippen molar-refractivity contribution in [3.63, 3.8) is 0 Å². The first kappa shape index (κ1) is 20.0. The predicted molar refractivity (Wildman–Crippen MR) is 101 cm³/mol. The Morgan fingerprint density at radius 3 is 2.19 bits per heavy atom. The quantitative estimate of drug-likeness (QED) is 0.728. The van der Waals surface area contributed by atoms with Crippen LogP contribution >= 0.6 is 0 Å². The zero-order valence-electron chi connectivity index (χ0n) is 15.4. The summed E-state index contributed by atoms with van der Waals surface area (Å²) < 4.78 is 10.3. The lowest BCUT2D eigenvalue weighted by Gasteiger charge is -2.16. The molecule has 0 aliphatic heterocycles. The number of anilines is 1. The minimum absolute atomic E-state index is 0.251. The van der Waals surface area contributed by atoms with E-state index in [1.165, 1.54) is 31.2 Å². The lowest BCUT2D eigenvalue weighted by Crippen LogP contribution is -2.30. The zero-order valence-corrected chi connectivity index (χ0v) is 15.4. The van der Waals surface area contributed by atoms with Crippen LogP contribution in [0.15, 0.2) is 42.5 Å². The van der Waals surface area contributed by atoms with Crippen LogP contribution in [0.3, 0.4) is 0 Å². The van der Waals surface area contributed by atoms with Gasteiger partial charge in [-0.1, -0.05) is 18.2 Å². The summed E-state index contributed by atoms with van der Waals surface area (Å²) in [7, 11) is 0. The number of ether oxygens (including phenoxy) is 2. The van der Waals surface area contributed by atoms with E-state index in [1.54, 1.807) is 0 Å². The molecule has 0 aliphatic rings. The van der Waals surface area contributed by atoms with Gasteiger partial charge in [-0.2, -0.15) is 0 Å². The van der Waals surface area contributed by atoms with Crippen LogP contribution in [0.1, 0.15) is 28.4 Å². The van der Waals surface area contributed by atoms with Crippen molar-refractivity contribution in [3.8, 4) is 5.75 Å². The lowest BCUT2D eigenvalue weighted by molar-refractivity contribution is -0.123. The first-order chi connectivity index (χ1) is 12.8. The minimum atomic E-state index is -0.970. The number of nitrogens with two attached hydrogens (primary N) is 1. The Hall–Kier alpha value is -3.35. The van der Waals surface area contributed by atoms with E-state index in [9.17, 15) is 14.4 Å². The molecule has 2 aromatic carbocycles. The average Bonchev–Trinajstić information content (AvgIpc) is 2.63. The number of esters is 1. The number of rotatable bonds is 7. The van der Waals surface area contributed by atoms with Crippen LogP contribution in [-0.4, -0.2) is 30.5 Å². The molecule has 7 heteroatoms. The predicted octanol–water partition coefficient (Wildman–Crippen LogP) is 2.35. The highest BCUT2D eigenvalue weighted by Crippen LogP contribution is 2.20. The molecule has 0 bridgehead atoms. The molecule has 0 aliphatic carbocycles. The Kier molecular flexibility index (Phi) is 6.54. The topological polar surface area (TPSA) is 108 Å². The number of benzene rings is 2. The van der Waals surface area contributed by atoms with Gasteiger partial charge in [-0.3, -0.25) is 9.59 Å². The third-order valence-corrected chi connectivity index (χ3v) is 3.85. The summed E-state index contributed by atoms with van der Waals surface area (Å²) in [6.45, 7) is 5.03. The number of hydrogen-bond acceptors (Lipinski definition) is 5. The first-order valence-corrected chi connectivity index (χ1v) is 8.37. The Balaban J connectivity index is 1.96. The summed E-state index contributed by atoms with van der Waals surface area (Å²) >= 11 is 0. The van der Waals surface area contributed by atoms with Crippen molar-refractivity contribution in [2.45, 2.75) is 26.9 Å². The fourth-order valence-corrected chi connectivity index (χ4v) is 2.36. The normalized spacial score (nSPS) is 11.4. The number of amides is 2. The molecule has 0 heterocycles. The zero-order chi connectivity index (χ0) is 20.0. The molecule has 0 radical (unpaired) electrons. The lowest BCUT2D eigenvalue weighted by atomic mass is 10.1. The molecule has 27 heavy (non-hydrogen) atoms.